The predicted molar refractivity (Wildman–Crippen MR) is 100 cm³/mol. The molecule has 3 rings (SSSR count). The van der Waals surface area contributed by atoms with Crippen LogP contribution in [0.5, 0.6) is 0 Å². The molecule has 3 amide bonds. The molecular formula is C18H19ClF3N5O2. The summed E-state index contributed by atoms with van der Waals surface area (Å²) in [4.78, 5) is 25.9. The highest BCUT2D eigenvalue weighted by Gasteiger charge is 2.35. The molecule has 1 aromatic carbocycles. The Morgan fingerprint density at radius 3 is 2.59 bits per heavy atom. The second-order valence-corrected chi connectivity index (χ2v) is 7.67. The normalized spacial score (nSPS) is 14.1. The van der Waals surface area contributed by atoms with Crippen LogP contribution in [-0.2, 0) is 13.1 Å². The van der Waals surface area contributed by atoms with E-state index in [0.29, 0.717) is 11.3 Å². The lowest BCUT2D eigenvalue weighted by Gasteiger charge is -2.32. The fourth-order valence-corrected chi connectivity index (χ4v) is 3.19. The molecule has 156 valence electrons. The molecule has 2 heterocycles. The van der Waals surface area contributed by atoms with Gasteiger partial charge in [0.25, 0.3) is 12.3 Å². The first-order valence-corrected chi connectivity index (χ1v) is 9.09. The molecule has 0 saturated carbocycles. The van der Waals surface area contributed by atoms with Gasteiger partial charge in [0.1, 0.15) is 11.5 Å². The van der Waals surface area contributed by atoms with Gasteiger partial charge in [0.05, 0.1) is 34.9 Å². The SMILES string of the molecule is CC(C)(NC(=O)N1CCn2nc(-c3ccc(F)c(Cl)c3)c(C(N)=O)c2C1)C(F)F. The van der Waals surface area contributed by atoms with E-state index in [4.69, 9.17) is 17.3 Å². The third-order valence-electron chi connectivity index (χ3n) is 4.68. The molecule has 2 aromatic rings. The average molecular weight is 430 g/mol. The van der Waals surface area contributed by atoms with Gasteiger partial charge in [0, 0.05) is 12.1 Å². The molecule has 0 radical (unpaired) electrons. The summed E-state index contributed by atoms with van der Waals surface area (Å²) in [5.74, 6) is -1.40. The lowest BCUT2D eigenvalue weighted by atomic mass is 10.0. The number of fused-ring (bicyclic) bond motifs is 1. The first kappa shape index (κ1) is 21.0. The van der Waals surface area contributed by atoms with E-state index in [-0.39, 0.29) is 35.9 Å². The number of hydrogen-bond donors (Lipinski definition) is 2. The Hall–Kier alpha value is -2.75. The number of nitrogens with two attached hydrogens (primary N) is 1. The van der Waals surface area contributed by atoms with Gasteiger partial charge in [-0.2, -0.15) is 5.10 Å². The van der Waals surface area contributed by atoms with Crippen molar-refractivity contribution in [3.63, 3.8) is 0 Å². The Balaban J connectivity index is 1.94. The van der Waals surface area contributed by atoms with E-state index < -0.39 is 29.7 Å². The van der Waals surface area contributed by atoms with Gasteiger partial charge in [-0.1, -0.05) is 11.6 Å². The number of amides is 3. The van der Waals surface area contributed by atoms with Gasteiger partial charge in [0.15, 0.2) is 0 Å². The molecule has 3 N–H and O–H groups in total. The number of carbonyl (C=O) groups is 2. The second kappa shape index (κ2) is 7.58. The number of halogens is 4. The molecule has 1 aliphatic heterocycles. The van der Waals surface area contributed by atoms with E-state index in [2.05, 4.69) is 10.4 Å². The maximum atomic E-state index is 13.5. The van der Waals surface area contributed by atoms with E-state index in [1.54, 1.807) is 0 Å². The summed E-state index contributed by atoms with van der Waals surface area (Å²) < 4.78 is 41.1. The van der Waals surface area contributed by atoms with Gasteiger partial charge in [-0.25, -0.2) is 18.0 Å². The van der Waals surface area contributed by atoms with Crippen molar-refractivity contribution >= 4 is 23.5 Å². The largest absolute Gasteiger partial charge is 0.365 e. The quantitative estimate of drug-likeness (QED) is 0.782. The monoisotopic (exact) mass is 429 g/mol. The maximum Gasteiger partial charge on any atom is 0.318 e. The Bertz CT molecular complexity index is 977. The minimum absolute atomic E-state index is 0.0502. The summed E-state index contributed by atoms with van der Waals surface area (Å²) in [7, 11) is 0. The third kappa shape index (κ3) is 4.02. The van der Waals surface area contributed by atoms with Crippen LogP contribution in [-0.4, -0.2) is 45.1 Å². The molecule has 0 bridgehead atoms. The molecule has 0 atom stereocenters. The van der Waals surface area contributed by atoms with Crippen molar-refractivity contribution in [1.29, 1.82) is 0 Å². The minimum atomic E-state index is -2.75. The van der Waals surface area contributed by atoms with Crippen LogP contribution in [0.1, 0.15) is 29.9 Å². The van der Waals surface area contributed by atoms with Crippen LogP contribution < -0.4 is 11.1 Å². The summed E-state index contributed by atoms with van der Waals surface area (Å²) in [5, 5.41) is 6.52. The van der Waals surface area contributed by atoms with Gasteiger partial charge >= 0.3 is 6.03 Å². The van der Waals surface area contributed by atoms with Gasteiger partial charge in [-0.05, 0) is 32.0 Å². The Morgan fingerprint density at radius 2 is 2.00 bits per heavy atom. The highest BCUT2D eigenvalue weighted by molar-refractivity contribution is 6.31. The van der Waals surface area contributed by atoms with E-state index in [0.717, 1.165) is 6.07 Å². The lowest BCUT2D eigenvalue weighted by Crippen LogP contribution is -2.55. The number of nitrogens with zero attached hydrogens (tertiary/aromatic N) is 3. The van der Waals surface area contributed by atoms with Crippen molar-refractivity contribution < 1.29 is 22.8 Å². The fourth-order valence-electron chi connectivity index (χ4n) is 3.00. The van der Waals surface area contributed by atoms with Crippen LogP contribution >= 0.6 is 11.6 Å². The first-order valence-electron chi connectivity index (χ1n) is 8.71. The second-order valence-electron chi connectivity index (χ2n) is 7.26. The number of nitrogens with one attached hydrogen (secondary N) is 1. The van der Waals surface area contributed by atoms with Crippen LogP contribution in [0, 0.1) is 5.82 Å². The van der Waals surface area contributed by atoms with Crippen molar-refractivity contribution in [2.45, 2.75) is 38.9 Å². The Morgan fingerprint density at radius 1 is 1.31 bits per heavy atom. The van der Waals surface area contributed by atoms with E-state index in [1.165, 1.54) is 35.6 Å². The van der Waals surface area contributed by atoms with Crippen molar-refractivity contribution in [1.82, 2.24) is 20.0 Å². The van der Waals surface area contributed by atoms with Crippen molar-refractivity contribution in [2.24, 2.45) is 5.73 Å². The molecule has 29 heavy (non-hydrogen) atoms. The zero-order valence-corrected chi connectivity index (χ0v) is 16.4. The summed E-state index contributed by atoms with van der Waals surface area (Å²) >= 11 is 5.83. The van der Waals surface area contributed by atoms with Crippen LogP contribution in [0.15, 0.2) is 18.2 Å². The van der Waals surface area contributed by atoms with Gasteiger partial charge in [-0.3, -0.25) is 9.48 Å². The predicted octanol–water partition coefficient (Wildman–Crippen LogP) is 3.01. The standard InChI is InChI=1S/C18H19ClF3N5O2/c1-18(2,16(21)22)24-17(29)26-5-6-27-12(8-26)13(15(23)28)14(25-27)9-3-4-11(20)10(19)7-9/h3-4,7,16H,5-6,8H2,1-2H3,(H2,23,28)(H,24,29). The molecule has 7 nitrogen and oxygen atoms in total. The first-order chi connectivity index (χ1) is 13.5. The van der Waals surface area contributed by atoms with E-state index in [1.807, 2.05) is 0 Å². The zero-order chi connectivity index (χ0) is 21.5. The lowest BCUT2D eigenvalue weighted by molar-refractivity contribution is 0.0515. The van der Waals surface area contributed by atoms with Crippen molar-refractivity contribution in [3.8, 4) is 11.3 Å². The van der Waals surface area contributed by atoms with Gasteiger partial charge in [-0.15, -0.1) is 0 Å². The van der Waals surface area contributed by atoms with Gasteiger partial charge in [0.2, 0.25) is 0 Å². The van der Waals surface area contributed by atoms with Crippen molar-refractivity contribution in [2.75, 3.05) is 6.54 Å². The number of aromatic nitrogens is 2. The molecule has 0 fully saturated rings. The number of benzene rings is 1. The summed E-state index contributed by atoms with van der Waals surface area (Å²) in [6.45, 7) is 2.81. The van der Waals surface area contributed by atoms with Crippen LogP contribution in [0.4, 0.5) is 18.0 Å². The van der Waals surface area contributed by atoms with Crippen LogP contribution in [0.2, 0.25) is 5.02 Å². The van der Waals surface area contributed by atoms with Crippen molar-refractivity contribution in [3.05, 3.63) is 40.3 Å². The molecule has 0 aliphatic carbocycles. The molecule has 1 aliphatic rings. The zero-order valence-electron chi connectivity index (χ0n) is 15.7. The molecule has 0 saturated heterocycles. The molecule has 1 aromatic heterocycles. The number of rotatable bonds is 4. The minimum Gasteiger partial charge on any atom is -0.365 e. The maximum absolute atomic E-state index is 13.5. The Kier molecular flexibility index (Phi) is 5.48. The number of carbonyl (C=O) groups excluding carboxylic acids is 2. The topological polar surface area (TPSA) is 93.2 Å². The van der Waals surface area contributed by atoms with Gasteiger partial charge < -0.3 is 16.0 Å². The molecule has 11 heteroatoms. The number of alkyl halides is 2. The van der Waals surface area contributed by atoms with Crippen LogP contribution in [0.25, 0.3) is 11.3 Å². The summed E-state index contributed by atoms with van der Waals surface area (Å²) in [5.41, 5.74) is 4.86. The third-order valence-corrected chi connectivity index (χ3v) is 4.97. The fraction of sp³-hybridized carbons (Fsp3) is 0.389. The highest BCUT2D eigenvalue weighted by Crippen LogP contribution is 2.30. The average Bonchev–Trinajstić information content (AvgIpc) is 3.02. The number of primary amides is 1. The molecular weight excluding hydrogens is 411 g/mol. The smallest absolute Gasteiger partial charge is 0.318 e. The van der Waals surface area contributed by atoms with E-state index >= 15 is 0 Å². The van der Waals surface area contributed by atoms with E-state index in [9.17, 15) is 22.8 Å². The molecule has 0 spiro atoms. The summed E-state index contributed by atoms with van der Waals surface area (Å²) in [6.07, 6.45) is -2.75. The summed E-state index contributed by atoms with van der Waals surface area (Å²) in [6, 6.07) is 3.20. The highest BCUT2D eigenvalue weighted by atomic mass is 35.5. The number of urea groups is 1. The Labute approximate surface area is 169 Å². The van der Waals surface area contributed by atoms with Crippen LogP contribution in [0.3, 0.4) is 0 Å². The molecule has 0 unspecified atom stereocenters. The number of hydrogen-bond acceptors (Lipinski definition) is 3.